The number of aromatic nitrogens is 3. The van der Waals surface area contributed by atoms with E-state index >= 15 is 0 Å². The normalized spacial score (nSPS) is 18.9. The highest BCUT2D eigenvalue weighted by molar-refractivity contribution is 7.91. The average molecular weight is 301 g/mol. The van der Waals surface area contributed by atoms with E-state index in [2.05, 4.69) is 20.3 Å². The van der Waals surface area contributed by atoms with Crippen LogP contribution in [0.3, 0.4) is 0 Å². The molecular weight excluding hydrogens is 282 g/mol. The second kappa shape index (κ2) is 5.78. The van der Waals surface area contributed by atoms with Gasteiger partial charge in [-0.05, 0) is 26.7 Å². The Bertz CT molecular complexity index is 561. The SMILES string of the molecule is CC(C)Oc1nc(N)nc(NC2CCS(=O)(=O)CC2)n1. The number of anilines is 2. The molecule has 1 fully saturated rings. The van der Waals surface area contributed by atoms with Crippen LogP contribution in [0, 0.1) is 0 Å². The van der Waals surface area contributed by atoms with Crippen molar-refractivity contribution < 1.29 is 13.2 Å². The minimum atomic E-state index is -2.88. The maximum atomic E-state index is 11.4. The molecule has 20 heavy (non-hydrogen) atoms. The van der Waals surface area contributed by atoms with Crippen LogP contribution < -0.4 is 15.8 Å². The van der Waals surface area contributed by atoms with Gasteiger partial charge in [-0.2, -0.15) is 15.0 Å². The quantitative estimate of drug-likeness (QED) is 0.811. The van der Waals surface area contributed by atoms with E-state index in [1.165, 1.54) is 0 Å². The van der Waals surface area contributed by atoms with Crippen LogP contribution in [-0.4, -0.2) is 47.0 Å². The Kier molecular flexibility index (Phi) is 4.26. The monoisotopic (exact) mass is 301 g/mol. The summed E-state index contributed by atoms with van der Waals surface area (Å²) >= 11 is 0. The van der Waals surface area contributed by atoms with Gasteiger partial charge in [0.1, 0.15) is 9.84 Å². The Morgan fingerprint density at radius 3 is 2.50 bits per heavy atom. The van der Waals surface area contributed by atoms with Crippen molar-refractivity contribution in [3.63, 3.8) is 0 Å². The fraction of sp³-hybridized carbons (Fsp3) is 0.727. The molecule has 0 bridgehead atoms. The van der Waals surface area contributed by atoms with Crippen LogP contribution in [-0.2, 0) is 9.84 Å². The fourth-order valence-corrected chi connectivity index (χ4v) is 3.41. The second-order valence-electron chi connectivity index (χ2n) is 5.04. The van der Waals surface area contributed by atoms with Gasteiger partial charge in [0, 0.05) is 6.04 Å². The largest absolute Gasteiger partial charge is 0.461 e. The lowest BCUT2D eigenvalue weighted by Crippen LogP contribution is -2.32. The zero-order valence-electron chi connectivity index (χ0n) is 11.5. The van der Waals surface area contributed by atoms with Crippen LogP contribution in [0.2, 0.25) is 0 Å². The van der Waals surface area contributed by atoms with Gasteiger partial charge in [-0.1, -0.05) is 0 Å². The van der Waals surface area contributed by atoms with E-state index in [9.17, 15) is 8.42 Å². The van der Waals surface area contributed by atoms with Crippen molar-refractivity contribution in [3.8, 4) is 6.01 Å². The number of nitrogens with zero attached hydrogens (tertiary/aromatic N) is 3. The smallest absolute Gasteiger partial charge is 0.323 e. The van der Waals surface area contributed by atoms with E-state index in [1.54, 1.807) is 0 Å². The molecule has 1 aliphatic rings. The van der Waals surface area contributed by atoms with Crippen molar-refractivity contribution in [1.29, 1.82) is 0 Å². The first-order valence-corrected chi connectivity index (χ1v) is 8.31. The molecule has 8 nitrogen and oxygen atoms in total. The van der Waals surface area contributed by atoms with Gasteiger partial charge in [-0.3, -0.25) is 0 Å². The zero-order valence-corrected chi connectivity index (χ0v) is 12.4. The van der Waals surface area contributed by atoms with E-state index in [0.717, 1.165) is 0 Å². The van der Waals surface area contributed by atoms with Gasteiger partial charge in [-0.25, -0.2) is 8.42 Å². The Balaban J connectivity index is 2.04. The molecule has 0 unspecified atom stereocenters. The zero-order chi connectivity index (χ0) is 14.8. The highest BCUT2D eigenvalue weighted by Crippen LogP contribution is 2.17. The van der Waals surface area contributed by atoms with Gasteiger partial charge >= 0.3 is 6.01 Å². The van der Waals surface area contributed by atoms with E-state index in [1.807, 2.05) is 13.8 Å². The first-order valence-electron chi connectivity index (χ1n) is 6.49. The molecular formula is C11H19N5O3S. The summed E-state index contributed by atoms with van der Waals surface area (Å²) in [6.07, 6.45) is 1.01. The highest BCUT2D eigenvalue weighted by Gasteiger charge is 2.24. The number of nitrogens with one attached hydrogen (secondary N) is 1. The van der Waals surface area contributed by atoms with Crippen LogP contribution in [0.25, 0.3) is 0 Å². The molecule has 0 radical (unpaired) electrons. The van der Waals surface area contributed by atoms with Crippen molar-refractivity contribution in [2.45, 2.75) is 38.8 Å². The molecule has 112 valence electrons. The Morgan fingerprint density at radius 2 is 1.90 bits per heavy atom. The van der Waals surface area contributed by atoms with Crippen molar-refractivity contribution in [3.05, 3.63) is 0 Å². The molecule has 1 saturated heterocycles. The van der Waals surface area contributed by atoms with Gasteiger partial charge in [-0.15, -0.1) is 0 Å². The molecule has 9 heteroatoms. The maximum Gasteiger partial charge on any atom is 0.323 e. The third-order valence-electron chi connectivity index (χ3n) is 2.86. The summed E-state index contributed by atoms with van der Waals surface area (Å²) < 4.78 is 28.1. The van der Waals surface area contributed by atoms with Crippen LogP contribution in [0.1, 0.15) is 26.7 Å². The molecule has 0 aromatic carbocycles. The molecule has 1 aliphatic heterocycles. The van der Waals surface area contributed by atoms with E-state index in [0.29, 0.717) is 18.8 Å². The minimum Gasteiger partial charge on any atom is -0.461 e. The topological polar surface area (TPSA) is 120 Å². The van der Waals surface area contributed by atoms with Gasteiger partial charge in [0.2, 0.25) is 11.9 Å². The number of sulfone groups is 1. The molecule has 0 spiro atoms. The summed E-state index contributed by atoms with van der Waals surface area (Å²) in [5.74, 6) is 0.750. The maximum absolute atomic E-state index is 11.4. The Hall–Kier alpha value is -1.64. The predicted molar refractivity (Wildman–Crippen MR) is 75.3 cm³/mol. The highest BCUT2D eigenvalue weighted by atomic mass is 32.2. The summed E-state index contributed by atoms with van der Waals surface area (Å²) in [4.78, 5) is 12.0. The van der Waals surface area contributed by atoms with Crippen LogP contribution in [0.5, 0.6) is 6.01 Å². The fourth-order valence-electron chi connectivity index (χ4n) is 1.92. The first kappa shape index (κ1) is 14.8. The molecule has 0 aliphatic carbocycles. The van der Waals surface area contributed by atoms with Crippen LogP contribution in [0.15, 0.2) is 0 Å². The van der Waals surface area contributed by atoms with E-state index in [4.69, 9.17) is 10.5 Å². The summed E-state index contributed by atoms with van der Waals surface area (Å²) in [6.45, 7) is 3.72. The third-order valence-corrected chi connectivity index (χ3v) is 4.58. The lowest BCUT2D eigenvalue weighted by atomic mass is 10.2. The number of hydrogen-bond acceptors (Lipinski definition) is 8. The first-order chi connectivity index (χ1) is 9.34. The Morgan fingerprint density at radius 1 is 1.25 bits per heavy atom. The van der Waals surface area contributed by atoms with Crippen molar-refractivity contribution in [2.24, 2.45) is 0 Å². The van der Waals surface area contributed by atoms with E-state index in [-0.39, 0.29) is 35.6 Å². The summed E-state index contributed by atoms with van der Waals surface area (Å²) in [6, 6.07) is 0.186. The average Bonchev–Trinajstić information content (AvgIpc) is 2.30. The molecule has 2 rings (SSSR count). The summed E-state index contributed by atoms with van der Waals surface area (Å²) in [7, 11) is -2.88. The number of hydrogen-bond donors (Lipinski definition) is 2. The predicted octanol–water partition coefficient (Wildman–Crippen LogP) is 0.230. The molecule has 2 heterocycles. The van der Waals surface area contributed by atoms with Crippen molar-refractivity contribution in [2.75, 3.05) is 22.6 Å². The number of nitrogen functional groups attached to an aromatic ring is 1. The lowest BCUT2D eigenvalue weighted by Gasteiger charge is -2.23. The second-order valence-corrected chi connectivity index (χ2v) is 7.34. The van der Waals surface area contributed by atoms with Gasteiger partial charge in [0.25, 0.3) is 0 Å². The molecule has 1 aromatic rings. The lowest BCUT2D eigenvalue weighted by molar-refractivity contribution is 0.222. The molecule has 3 N–H and O–H groups in total. The van der Waals surface area contributed by atoms with E-state index < -0.39 is 9.84 Å². The number of ether oxygens (including phenoxy) is 1. The summed E-state index contributed by atoms with van der Waals surface area (Å²) in [5.41, 5.74) is 5.61. The number of nitrogens with two attached hydrogens (primary N) is 1. The molecule has 1 aromatic heterocycles. The molecule has 0 saturated carbocycles. The third kappa shape index (κ3) is 4.19. The standard InChI is InChI=1S/C11H19N5O3S/c1-7(2)19-11-15-9(12)14-10(16-11)13-8-3-5-20(17,18)6-4-8/h7-8H,3-6H2,1-2H3,(H3,12,13,14,15,16). The van der Waals surface area contributed by atoms with Crippen molar-refractivity contribution in [1.82, 2.24) is 15.0 Å². The Labute approximate surface area is 118 Å². The van der Waals surface area contributed by atoms with Crippen molar-refractivity contribution >= 4 is 21.7 Å². The minimum absolute atomic E-state index is 0.0206. The number of rotatable bonds is 4. The summed E-state index contributed by atoms with van der Waals surface area (Å²) in [5, 5.41) is 3.09. The molecule has 0 atom stereocenters. The van der Waals surface area contributed by atoms with Crippen LogP contribution >= 0.6 is 0 Å². The van der Waals surface area contributed by atoms with Gasteiger partial charge in [0.15, 0.2) is 0 Å². The molecule has 0 amide bonds. The van der Waals surface area contributed by atoms with Gasteiger partial charge < -0.3 is 15.8 Å². The van der Waals surface area contributed by atoms with Gasteiger partial charge in [0.05, 0.1) is 17.6 Å². The van der Waals surface area contributed by atoms with Crippen LogP contribution in [0.4, 0.5) is 11.9 Å².